The normalized spacial score (nSPS) is 33.7. The Bertz CT molecular complexity index is 1990. The van der Waals surface area contributed by atoms with Crippen molar-refractivity contribution in [3.8, 4) is 0 Å². The highest BCUT2D eigenvalue weighted by Crippen LogP contribution is 2.67. The second kappa shape index (κ2) is 13.7. The molecule has 52 heavy (non-hydrogen) atoms. The number of aliphatic hydroxyl groups excluding tert-OH is 1. The van der Waals surface area contributed by atoms with Crippen LogP contribution in [0, 0.1) is 60.2 Å². The van der Waals surface area contributed by atoms with Crippen LogP contribution in [0.2, 0.25) is 0 Å². The number of carbonyl (C=O) groups excluding carboxylic acids is 1. The Morgan fingerprint density at radius 2 is 1.50 bits per heavy atom. The number of allylic oxidation sites excluding steroid dienone is 1. The van der Waals surface area contributed by atoms with Crippen LogP contribution in [0.3, 0.4) is 0 Å². The zero-order valence-electron chi connectivity index (χ0n) is 31.3. The third-order valence-corrected chi connectivity index (χ3v) is 16.0. The minimum absolute atomic E-state index is 0.0589. The van der Waals surface area contributed by atoms with Gasteiger partial charge in [0.25, 0.3) is 20.2 Å². The predicted octanol–water partition coefficient (Wildman–Crippen LogP) is 7.92. The third-order valence-electron chi connectivity index (χ3n) is 14.2. The summed E-state index contributed by atoms with van der Waals surface area (Å²) in [6.07, 6.45) is 8.12. The van der Waals surface area contributed by atoms with E-state index in [0.717, 1.165) is 48.8 Å². The summed E-state index contributed by atoms with van der Waals surface area (Å²) in [5.41, 5.74) is 1.51. The lowest BCUT2D eigenvalue weighted by molar-refractivity contribution is -0.124. The molecule has 10 atom stereocenters. The van der Waals surface area contributed by atoms with Crippen molar-refractivity contribution in [1.82, 2.24) is 0 Å². The Kier molecular flexibility index (Phi) is 10.4. The van der Waals surface area contributed by atoms with Gasteiger partial charge in [0, 0.05) is 29.9 Å². The Morgan fingerprint density at radius 1 is 0.865 bits per heavy atom. The molecule has 0 aliphatic heterocycles. The average molecular weight is 757 g/mol. The van der Waals surface area contributed by atoms with Crippen LogP contribution in [-0.2, 0) is 30.6 Å². The topological polar surface area (TPSA) is 166 Å². The van der Waals surface area contributed by atoms with Crippen molar-refractivity contribution in [1.29, 1.82) is 0 Å². The molecule has 3 saturated carbocycles. The van der Waals surface area contributed by atoms with Crippen molar-refractivity contribution in [3.63, 3.8) is 0 Å². The fourth-order valence-electron chi connectivity index (χ4n) is 11.4. The predicted molar refractivity (Wildman–Crippen MR) is 199 cm³/mol. The highest BCUT2D eigenvalue weighted by molar-refractivity contribution is 7.86. The summed E-state index contributed by atoms with van der Waals surface area (Å²) in [4.78, 5) is 13.4. The van der Waals surface area contributed by atoms with E-state index in [2.05, 4.69) is 26.8 Å². The minimum Gasteiger partial charge on any atom is -0.388 e. The maximum atomic E-state index is 13.9. The first-order chi connectivity index (χ1) is 24.1. The number of ketones is 1. The van der Waals surface area contributed by atoms with Crippen LogP contribution in [0.4, 0.5) is 0 Å². The Morgan fingerprint density at radius 3 is 2.15 bits per heavy atom. The van der Waals surface area contributed by atoms with Crippen LogP contribution in [-0.4, -0.2) is 41.9 Å². The minimum atomic E-state index is -4.52. The largest absolute Gasteiger partial charge is 0.388 e. The second-order valence-electron chi connectivity index (χ2n) is 17.5. The van der Waals surface area contributed by atoms with E-state index in [-0.39, 0.29) is 55.4 Å². The number of Topliss-reactive ketones (excluding diaryl/α,β-unsaturated/α-hetero) is 1. The van der Waals surface area contributed by atoms with Crippen LogP contribution in [0.25, 0.3) is 0 Å². The zero-order chi connectivity index (χ0) is 38.2. The van der Waals surface area contributed by atoms with Gasteiger partial charge in [-0.1, -0.05) is 81.2 Å². The van der Waals surface area contributed by atoms with Crippen LogP contribution >= 0.6 is 0 Å². The van der Waals surface area contributed by atoms with Gasteiger partial charge in [0.05, 0.1) is 21.5 Å². The summed E-state index contributed by atoms with van der Waals surface area (Å²) in [5, 5.41) is 23.2. The van der Waals surface area contributed by atoms with Crippen molar-refractivity contribution in [2.75, 3.05) is 0 Å². The number of rotatable bonds is 10. The summed E-state index contributed by atoms with van der Waals surface area (Å²) in [7, 11) is -9.00. The summed E-state index contributed by atoms with van der Waals surface area (Å²) in [6, 6.07) is 9.24. The van der Waals surface area contributed by atoms with Crippen LogP contribution in [0.15, 0.2) is 57.8 Å². The number of aliphatic hydroxyl groups is 2. The average Bonchev–Trinajstić information content (AvgIpc) is 3.33. The molecule has 0 amide bonds. The van der Waals surface area contributed by atoms with Gasteiger partial charge in [0.15, 0.2) is 0 Å². The summed E-state index contributed by atoms with van der Waals surface area (Å²) in [6.45, 7) is 12.3. The summed E-state index contributed by atoms with van der Waals surface area (Å²) >= 11 is 0. The van der Waals surface area contributed by atoms with E-state index in [1.54, 1.807) is 24.3 Å². The fourth-order valence-corrected chi connectivity index (χ4v) is 12.9. The molecule has 11 heteroatoms. The Labute approximate surface area is 309 Å². The fraction of sp³-hybridized carbons (Fsp3) is 0.634. The van der Waals surface area contributed by atoms with Crippen molar-refractivity contribution < 1.29 is 40.9 Å². The maximum Gasteiger partial charge on any atom is 0.294 e. The zero-order valence-corrected chi connectivity index (χ0v) is 32.9. The van der Waals surface area contributed by atoms with E-state index >= 15 is 0 Å². The van der Waals surface area contributed by atoms with Crippen molar-refractivity contribution >= 4 is 26.0 Å². The van der Waals surface area contributed by atoms with E-state index in [9.17, 15) is 40.9 Å². The smallest absolute Gasteiger partial charge is 0.294 e. The molecule has 3 fully saturated rings. The molecule has 4 aliphatic rings. The van der Waals surface area contributed by atoms with E-state index in [4.69, 9.17) is 0 Å². The molecule has 0 heterocycles. The van der Waals surface area contributed by atoms with Gasteiger partial charge in [-0.3, -0.25) is 13.9 Å². The van der Waals surface area contributed by atoms with Crippen molar-refractivity contribution in [3.05, 3.63) is 70.3 Å². The molecule has 9 nitrogen and oxygen atoms in total. The van der Waals surface area contributed by atoms with Gasteiger partial charge in [-0.25, -0.2) is 0 Å². The van der Waals surface area contributed by atoms with E-state index in [0.29, 0.717) is 49.7 Å². The summed E-state index contributed by atoms with van der Waals surface area (Å²) < 4.78 is 68.4. The first kappa shape index (κ1) is 39.3. The van der Waals surface area contributed by atoms with Gasteiger partial charge in [-0.15, -0.1) is 0 Å². The number of aryl methyl sites for hydroxylation is 2. The van der Waals surface area contributed by atoms with Crippen LogP contribution in [0.1, 0.15) is 120 Å². The van der Waals surface area contributed by atoms with Crippen LogP contribution in [0.5, 0.6) is 0 Å². The molecule has 0 spiro atoms. The van der Waals surface area contributed by atoms with Gasteiger partial charge in [-0.2, -0.15) is 16.8 Å². The third kappa shape index (κ3) is 6.87. The van der Waals surface area contributed by atoms with E-state index in [1.165, 1.54) is 12.1 Å². The molecule has 1 unspecified atom stereocenters. The van der Waals surface area contributed by atoms with E-state index in [1.807, 2.05) is 20.8 Å². The quantitative estimate of drug-likeness (QED) is 0.139. The van der Waals surface area contributed by atoms with Crippen LogP contribution < -0.4 is 0 Å². The molecule has 6 rings (SSSR count). The van der Waals surface area contributed by atoms with Gasteiger partial charge in [0.1, 0.15) is 5.78 Å². The van der Waals surface area contributed by atoms with Gasteiger partial charge < -0.3 is 10.2 Å². The molecule has 2 aromatic carbocycles. The summed E-state index contributed by atoms with van der Waals surface area (Å²) in [5.74, 6) is 1.12. The molecule has 4 N–H and O–H groups in total. The lowest BCUT2D eigenvalue weighted by Gasteiger charge is -2.59. The monoisotopic (exact) mass is 756 g/mol. The molecule has 4 aliphatic carbocycles. The second-order valence-corrected chi connectivity index (χ2v) is 20.3. The van der Waals surface area contributed by atoms with Gasteiger partial charge in [-0.05, 0) is 111 Å². The lowest BCUT2D eigenvalue weighted by atomic mass is 9.46. The maximum absolute atomic E-state index is 13.9. The molecule has 2 aromatic rings. The number of carbonyl (C=O) groups is 1. The number of fused-ring (bicyclic) bond motifs is 5. The first-order valence-electron chi connectivity index (χ1n) is 18.9. The number of hydrogen-bond donors (Lipinski definition) is 4. The van der Waals surface area contributed by atoms with Gasteiger partial charge in [0.2, 0.25) is 0 Å². The van der Waals surface area contributed by atoms with Gasteiger partial charge >= 0.3 is 0 Å². The SMILES string of the molecule is Cc1ccc(S(=O)(=O)O)c(C(O)[C@H](C)CCC[C@@H](C)[C@H]2C(=O)C[C@H]3[C@@H]4CC=C5C[C@@](O)(c6cc(C)ccc6S(=O)(=O)O)CC[C@]5(C)[C@H]4CC[C@]23C)c1. The number of benzene rings is 2. The molecule has 0 bridgehead atoms. The highest BCUT2D eigenvalue weighted by Gasteiger charge is 2.62. The molecule has 0 radical (unpaired) electrons. The molecule has 286 valence electrons. The highest BCUT2D eigenvalue weighted by atomic mass is 32.2. The molecular formula is C41H56O9S2. The van der Waals surface area contributed by atoms with Crippen molar-refractivity contribution in [2.24, 2.45) is 46.3 Å². The first-order valence-corrected chi connectivity index (χ1v) is 21.8. The van der Waals surface area contributed by atoms with Crippen molar-refractivity contribution in [2.45, 2.75) is 127 Å². The molecular weight excluding hydrogens is 701 g/mol. The number of hydrogen-bond acceptors (Lipinski definition) is 7. The Balaban J connectivity index is 1.15. The lowest BCUT2D eigenvalue weighted by Crippen LogP contribution is -2.52. The molecule has 0 aromatic heterocycles. The Hall–Kier alpha value is -2.41. The standard InChI is InChI=1S/C41H56O9S2/c1-24-10-14-35(51(45,46)47)30(20-24)38(43)27(4)9-7-8-26(3)37-34(42)22-32-29-13-12-28-23-41(44,33-21-25(2)11-15-36(33)52(48,49)50)19-18-39(28,5)31(29)16-17-40(32,37)6/h10-12,14-15,20-21,26-27,29,31-32,37-38,43-44H,7-9,13,16-19,22-23H2,1-6H3,(H,45,46,47)(H,48,49,50)/t26-,27-,29-,31+,32+,37+,38?,39+,40+,41-/m1/s1. The molecule has 0 saturated heterocycles. The van der Waals surface area contributed by atoms with E-state index < -0.39 is 31.9 Å².